The molecule has 0 bridgehead atoms. The molecule has 1 saturated carbocycles. The topological polar surface area (TPSA) is 80.5 Å². The third-order valence-corrected chi connectivity index (χ3v) is 3.73. The lowest BCUT2D eigenvalue weighted by Crippen LogP contribution is -2.51. The van der Waals surface area contributed by atoms with E-state index in [4.69, 9.17) is 4.74 Å². The Morgan fingerprint density at radius 1 is 1.50 bits per heavy atom. The smallest absolute Gasteiger partial charge is 0.257 e. The third kappa shape index (κ3) is 2.00. The Morgan fingerprint density at radius 3 is 3.00 bits per heavy atom. The Morgan fingerprint density at radius 2 is 2.35 bits per heavy atom. The standard InChI is InChI=1S/C13H17N5O2/c1-14-11-5-6-15-12-8(7-16-18(11)12)13(19)17-9-3-4-10(9)20-2/h5-7,9-10,14H,3-4H2,1-2H3,(H,17,19)/t9-,10-/m1/s1. The van der Waals surface area contributed by atoms with E-state index in [1.807, 2.05) is 0 Å². The van der Waals surface area contributed by atoms with Gasteiger partial charge in [0.15, 0.2) is 5.65 Å². The van der Waals surface area contributed by atoms with Crippen molar-refractivity contribution in [3.63, 3.8) is 0 Å². The van der Waals surface area contributed by atoms with Gasteiger partial charge in [-0.15, -0.1) is 0 Å². The van der Waals surface area contributed by atoms with Crippen LogP contribution in [0.4, 0.5) is 5.82 Å². The van der Waals surface area contributed by atoms with Crippen LogP contribution >= 0.6 is 0 Å². The summed E-state index contributed by atoms with van der Waals surface area (Å²) in [5.41, 5.74) is 1.02. The highest BCUT2D eigenvalue weighted by Crippen LogP contribution is 2.23. The lowest BCUT2D eigenvalue weighted by atomic mass is 9.89. The highest BCUT2D eigenvalue weighted by atomic mass is 16.5. The summed E-state index contributed by atoms with van der Waals surface area (Å²) in [6, 6.07) is 1.88. The molecule has 2 aromatic rings. The summed E-state index contributed by atoms with van der Waals surface area (Å²) in [5, 5.41) is 10.2. The Labute approximate surface area is 116 Å². The summed E-state index contributed by atoms with van der Waals surface area (Å²) >= 11 is 0. The van der Waals surface area contributed by atoms with E-state index in [9.17, 15) is 4.79 Å². The number of ether oxygens (including phenoxy) is 1. The van der Waals surface area contributed by atoms with Crippen molar-refractivity contribution < 1.29 is 9.53 Å². The van der Waals surface area contributed by atoms with E-state index in [0.717, 1.165) is 18.7 Å². The van der Waals surface area contributed by atoms with E-state index in [1.165, 1.54) is 0 Å². The van der Waals surface area contributed by atoms with Crippen molar-refractivity contribution in [1.29, 1.82) is 0 Å². The van der Waals surface area contributed by atoms with Crippen molar-refractivity contribution in [2.24, 2.45) is 0 Å². The molecule has 7 heteroatoms. The van der Waals surface area contributed by atoms with E-state index in [2.05, 4.69) is 20.7 Å². The lowest BCUT2D eigenvalue weighted by molar-refractivity contribution is 0.00732. The first-order chi connectivity index (χ1) is 9.74. The zero-order valence-corrected chi connectivity index (χ0v) is 11.5. The van der Waals surface area contributed by atoms with Gasteiger partial charge in [-0.05, 0) is 18.9 Å². The molecule has 2 N–H and O–H groups in total. The summed E-state index contributed by atoms with van der Waals surface area (Å²) < 4.78 is 6.89. The second kappa shape index (κ2) is 5.09. The van der Waals surface area contributed by atoms with Crippen LogP contribution in [-0.4, -0.2) is 46.8 Å². The number of rotatable bonds is 4. The first-order valence-corrected chi connectivity index (χ1v) is 6.58. The molecule has 1 amide bonds. The summed E-state index contributed by atoms with van der Waals surface area (Å²) in [4.78, 5) is 16.5. The van der Waals surface area contributed by atoms with Crippen LogP contribution < -0.4 is 10.6 Å². The van der Waals surface area contributed by atoms with Gasteiger partial charge >= 0.3 is 0 Å². The van der Waals surface area contributed by atoms with Crippen LogP contribution in [0.1, 0.15) is 23.2 Å². The zero-order chi connectivity index (χ0) is 14.1. The SMILES string of the molecule is CNc1ccnc2c(C(=O)N[C@@H]3CC[C@H]3OC)cnn12. The second-order valence-electron chi connectivity index (χ2n) is 4.81. The number of fused-ring (bicyclic) bond motifs is 1. The molecule has 0 aliphatic heterocycles. The Balaban J connectivity index is 1.85. The van der Waals surface area contributed by atoms with Crippen LogP contribution in [0, 0.1) is 0 Å². The van der Waals surface area contributed by atoms with Gasteiger partial charge in [-0.3, -0.25) is 4.79 Å². The molecule has 0 unspecified atom stereocenters. The predicted molar refractivity (Wildman–Crippen MR) is 73.8 cm³/mol. The van der Waals surface area contributed by atoms with Crippen LogP contribution in [0.5, 0.6) is 0 Å². The summed E-state index contributed by atoms with van der Waals surface area (Å²) in [6.07, 6.45) is 5.23. The van der Waals surface area contributed by atoms with Crippen LogP contribution in [0.15, 0.2) is 18.5 Å². The van der Waals surface area contributed by atoms with Crippen molar-refractivity contribution in [2.45, 2.75) is 25.0 Å². The Bertz CT molecular complexity index is 637. The number of anilines is 1. The molecule has 2 heterocycles. The fourth-order valence-electron chi connectivity index (χ4n) is 2.40. The highest BCUT2D eigenvalue weighted by molar-refractivity contribution is 6.00. The van der Waals surface area contributed by atoms with Crippen LogP contribution in [0.25, 0.3) is 5.65 Å². The van der Waals surface area contributed by atoms with Gasteiger partial charge < -0.3 is 15.4 Å². The molecule has 0 radical (unpaired) electrons. The quantitative estimate of drug-likeness (QED) is 0.857. The van der Waals surface area contributed by atoms with E-state index in [1.54, 1.807) is 37.1 Å². The molecule has 3 rings (SSSR count). The molecular weight excluding hydrogens is 258 g/mol. The molecule has 1 aliphatic carbocycles. The normalized spacial score (nSPS) is 21.5. The number of hydrogen-bond acceptors (Lipinski definition) is 5. The molecule has 1 aliphatic rings. The van der Waals surface area contributed by atoms with Gasteiger partial charge in [0.2, 0.25) is 0 Å². The summed E-state index contributed by atoms with van der Waals surface area (Å²) in [5.74, 6) is 0.625. The van der Waals surface area contributed by atoms with Gasteiger partial charge in [0.05, 0.1) is 18.3 Å². The minimum Gasteiger partial charge on any atom is -0.379 e. The first kappa shape index (κ1) is 12.9. The van der Waals surface area contributed by atoms with Crippen LogP contribution in [0.3, 0.4) is 0 Å². The molecular formula is C13H17N5O2. The number of aromatic nitrogens is 3. The molecule has 2 aromatic heterocycles. The molecule has 1 fully saturated rings. The second-order valence-corrected chi connectivity index (χ2v) is 4.81. The maximum atomic E-state index is 12.3. The van der Waals surface area contributed by atoms with Gasteiger partial charge in [0.25, 0.3) is 5.91 Å². The van der Waals surface area contributed by atoms with Crippen LogP contribution in [0.2, 0.25) is 0 Å². The average molecular weight is 275 g/mol. The molecule has 0 spiro atoms. The largest absolute Gasteiger partial charge is 0.379 e. The number of nitrogens with one attached hydrogen (secondary N) is 2. The molecule has 20 heavy (non-hydrogen) atoms. The number of carbonyl (C=O) groups is 1. The van der Waals surface area contributed by atoms with Gasteiger partial charge in [-0.2, -0.15) is 9.61 Å². The minimum atomic E-state index is -0.160. The third-order valence-electron chi connectivity index (χ3n) is 3.73. The van der Waals surface area contributed by atoms with Gasteiger partial charge in [-0.1, -0.05) is 0 Å². The number of methoxy groups -OCH3 is 1. The summed E-state index contributed by atoms with van der Waals surface area (Å²) in [6.45, 7) is 0. The van der Waals surface area contributed by atoms with Crippen molar-refractivity contribution in [2.75, 3.05) is 19.5 Å². The zero-order valence-electron chi connectivity index (χ0n) is 11.5. The molecule has 106 valence electrons. The number of amides is 1. The van der Waals surface area contributed by atoms with Crippen molar-refractivity contribution in [3.8, 4) is 0 Å². The maximum Gasteiger partial charge on any atom is 0.257 e. The van der Waals surface area contributed by atoms with Crippen LogP contribution in [-0.2, 0) is 4.74 Å². The fourth-order valence-corrected chi connectivity index (χ4v) is 2.40. The predicted octanol–water partition coefficient (Wildman–Crippen LogP) is 0.678. The minimum absolute atomic E-state index is 0.0786. The molecule has 7 nitrogen and oxygen atoms in total. The Kier molecular flexibility index (Phi) is 3.27. The van der Waals surface area contributed by atoms with Gasteiger partial charge in [0, 0.05) is 20.4 Å². The van der Waals surface area contributed by atoms with E-state index < -0.39 is 0 Å². The van der Waals surface area contributed by atoms with E-state index in [0.29, 0.717) is 11.2 Å². The lowest BCUT2D eigenvalue weighted by Gasteiger charge is -2.35. The number of carbonyl (C=O) groups excluding carboxylic acids is 1. The monoisotopic (exact) mass is 275 g/mol. The van der Waals surface area contributed by atoms with Crippen molar-refractivity contribution >= 4 is 17.4 Å². The maximum absolute atomic E-state index is 12.3. The number of nitrogens with zero attached hydrogens (tertiary/aromatic N) is 3. The molecule has 0 saturated heterocycles. The Hall–Kier alpha value is -2.15. The highest BCUT2D eigenvalue weighted by Gasteiger charge is 2.32. The van der Waals surface area contributed by atoms with E-state index in [-0.39, 0.29) is 18.1 Å². The number of hydrogen-bond donors (Lipinski definition) is 2. The van der Waals surface area contributed by atoms with E-state index >= 15 is 0 Å². The average Bonchev–Trinajstić information content (AvgIpc) is 2.87. The molecule has 2 atom stereocenters. The molecule has 0 aromatic carbocycles. The van der Waals surface area contributed by atoms with Crippen molar-refractivity contribution in [1.82, 2.24) is 19.9 Å². The summed E-state index contributed by atoms with van der Waals surface area (Å²) in [7, 11) is 3.47. The van der Waals surface area contributed by atoms with Gasteiger partial charge in [0.1, 0.15) is 11.4 Å². The van der Waals surface area contributed by atoms with Crippen molar-refractivity contribution in [3.05, 3.63) is 24.0 Å². The van der Waals surface area contributed by atoms with Gasteiger partial charge in [-0.25, -0.2) is 4.98 Å². The first-order valence-electron chi connectivity index (χ1n) is 6.58. The fraction of sp³-hybridized carbons (Fsp3) is 0.462.